The van der Waals surface area contributed by atoms with E-state index in [0.717, 1.165) is 12.8 Å². The largest absolute Gasteiger partial charge is 0.414 e. The van der Waals surface area contributed by atoms with Gasteiger partial charge >= 0.3 is 0 Å². The highest BCUT2D eigenvalue weighted by atomic mass is 28.4. The van der Waals surface area contributed by atoms with Crippen molar-refractivity contribution in [2.45, 2.75) is 70.1 Å². The summed E-state index contributed by atoms with van der Waals surface area (Å²) in [5, 5.41) is 10.3. The first-order valence-electron chi connectivity index (χ1n) is 10.2. The number of hydrogen-bond acceptors (Lipinski definition) is 4. The highest BCUT2D eigenvalue weighted by Crippen LogP contribution is 2.52. The van der Waals surface area contributed by atoms with Gasteiger partial charge in [0.1, 0.15) is 0 Å². The number of benzene rings is 1. The number of rotatable bonds is 8. The quantitative estimate of drug-likeness (QED) is 0.667. The molecule has 1 aromatic rings. The topological polar surface area (TPSA) is 47.9 Å². The second kappa shape index (κ2) is 7.95. The van der Waals surface area contributed by atoms with E-state index in [-0.39, 0.29) is 35.2 Å². The van der Waals surface area contributed by atoms with E-state index in [4.69, 9.17) is 13.9 Å². The van der Waals surface area contributed by atoms with Crippen molar-refractivity contribution in [3.05, 3.63) is 35.9 Å². The molecule has 0 amide bonds. The van der Waals surface area contributed by atoms with Gasteiger partial charge in [0.15, 0.2) is 8.32 Å². The minimum atomic E-state index is -1.84. The van der Waals surface area contributed by atoms with Gasteiger partial charge in [-0.2, -0.15) is 0 Å². The standard InChI is InChI=1S/C22H36O4Si/c1-21(2,3)27(4,5)25-16-22-12-11-20(26-22)18(19(22)13-23)15-24-14-17-9-7-6-8-10-17/h6-10,18-20,23H,11-16H2,1-5H3/t18-,19+,20+,22+/m1/s1. The van der Waals surface area contributed by atoms with Gasteiger partial charge in [0.2, 0.25) is 0 Å². The molecule has 0 aromatic heterocycles. The molecule has 1 N–H and O–H groups in total. The van der Waals surface area contributed by atoms with Crippen LogP contribution in [0.5, 0.6) is 0 Å². The molecule has 0 radical (unpaired) electrons. The summed E-state index contributed by atoms with van der Waals surface area (Å²) >= 11 is 0. The second-order valence-electron chi connectivity index (χ2n) is 9.76. The van der Waals surface area contributed by atoms with Gasteiger partial charge in [-0.15, -0.1) is 0 Å². The Morgan fingerprint density at radius 3 is 2.56 bits per heavy atom. The summed E-state index contributed by atoms with van der Waals surface area (Å²) in [5.74, 6) is 0.340. The van der Waals surface area contributed by atoms with E-state index < -0.39 is 8.32 Å². The molecule has 1 aromatic carbocycles. The molecule has 27 heavy (non-hydrogen) atoms. The highest BCUT2D eigenvalue weighted by molar-refractivity contribution is 6.74. The van der Waals surface area contributed by atoms with Crippen LogP contribution in [0.3, 0.4) is 0 Å². The van der Waals surface area contributed by atoms with E-state index in [1.165, 1.54) is 5.56 Å². The summed E-state index contributed by atoms with van der Waals surface area (Å²) in [7, 11) is -1.84. The number of ether oxygens (including phenoxy) is 2. The van der Waals surface area contributed by atoms with Crippen LogP contribution >= 0.6 is 0 Å². The van der Waals surface area contributed by atoms with Crippen LogP contribution in [0.15, 0.2) is 30.3 Å². The average molecular weight is 393 g/mol. The molecule has 2 aliphatic rings. The molecule has 4 nitrogen and oxygen atoms in total. The van der Waals surface area contributed by atoms with E-state index in [2.05, 4.69) is 46.0 Å². The van der Waals surface area contributed by atoms with Gasteiger partial charge < -0.3 is 19.0 Å². The number of hydrogen-bond donors (Lipinski definition) is 1. The Kier molecular flexibility index (Phi) is 6.19. The van der Waals surface area contributed by atoms with Crippen LogP contribution in [0, 0.1) is 11.8 Å². The predicted octanol–water partition coefficient (Wildman–Crippen LogP) is 4.38. The van der Waals surface area contributed by atoms with Gasteiger partial charge in [-0.3, -0.25) is 0 Å². The zero-order valence-electron chi connectivity index (χ0n) is 17.5. The summed E-state index contributed by atoms with van der Waals surface area (Å²) in [6.07, 6.45) is 2.20. The van der Waals surface area contributed by atoms with Gasteiger partial charge in [0, 0.05) is 18.4 Å². The first-order chi connectivity index (χ1) is 12.7. The lowest BCUT2D eigenvalue weighted by Crippen LogP contribution is -2.50. The molecule has 152 valence electrons. The molecular formula is C22H36O4Si. The maximum atomic E-state index is 10.1. The minimum absolute atomic E-state index is 0.0943. The summed E-state index contributed by atoms with van der Waals surface area (Å²) in [4.78, 5) is 0. The highest BCUT2D eigenvalue weighted by Gasteiger charge is 2.59. The van der Waals surface area contributed by atoms with Crippen molar-refractivity contribution in [1.82, 2.24) is 0 Å². The van der Waals surface area contributed by atoms with Crippen molar-refractivity contribution >= 4 is 8.32 Å². The third-order valence-electron chi connectivity index (χ3n) is 7.01. The Morgan fingerprint density at radius 2 is 1.93 bits per heavy atom. The lowest BCUT2D eigenvalue weighted by atomic mass is 9.72. The lowest BCUT2D eigenvalue weighted by Gasteiger charge is -2.41. The van der Waals surface area contributed by atoms with Crippen molar-refractivity contribution in [2.75, 3.05) is 19.8 Å². The van der Waals surface area contributed by atoms with Crippen LogP contribution in [0.1, 0.15) is 39.2 Å². The summed E-state index contributed by atoms with van der Waals surface area (Å²) in [6, 6.07) is 10.2. The third kappa shape index (κ3) is 4.32. The van der Waals surface area contributed by atoms with Crippen molar-refractivity contribution in [1.29, 1.82) is 0 Å². The van der Waals surface area contributed by atoms with Crippen LogP contribution < -0.4 is 0 Å². The maximum Gasteiger partial charge on any atom is 0.192 e. The Labute approximate surface area is 165 Å². The SMILES string of the molecule is CC(C)(C)[Si](C)(C)OC[C@]12CC[C@H](O1)[C@H](COCc1ccccc1)[C@@H]2CO. The molecule has 2 heterocycles. The van der Waals surface area contributed by atoms with Gasteiger partial charge in [0.25, 0.3) is 0 Å². The molecule has 4 atom stereocenters. The predicted molar refractivity (Wildman–Crippen MR) is 110 cm³/mol. The summed E-state index contributed by atoms with van der Waals surface area (Å²) in [5.41, 5.74) is 0.841. The van der Waals surface area contributed by atoms with Crippen LogP contribution in [0.25, 0.3) is 0 Å². The molecule has 2 aliphatic heterocycles. The monoisotopic (exact) mass is 392 g/mol. The second-order valence-corrected chi connectivity index (χ2v) is 14.6. The van der Waals surface area contributed by atoms with Gasteiger partial charge in [-0.25, -0.2) is 0 Å². The van der Waals surface area contributed by atoms with Gasteiger partial charge in [-0.05, 0) is 36.5 Å². The van der Waals surface area contributed by atoms with Gasteiger partial charge in [-0.1, -0.05) is 51.1 Å². The van der Waals surface area contributed by atoms with E-state index in [1.807, 2.05) is 18.2 Å². The maximum absolute atomic E-state index is 10.1. The third-order valence-corrected chi connectivity index (χ3v) is 11.5. The molecule has 2 bridgehead atoms. The first kappa shape index (κ1) is 21.0. The van der Waals surface area contributed by atoms with Crippen LogP contribution in [0.2, 0.25) is 18.1 Å². The number of aliphatic hydroxyl groups is 1. The van der Waals surface area contributed by atoms with Crippen molar-refractivity contribution < 1.29 is 19.0 Å². The molecule has 2 saturated heterocycles. The smallest absolute Gasteiger partial charge is 0.192 e. The molecule has 5 heteroatoms. The molecule has 0 aliphatic carbocycles. The Balaban J connectivity index is 1.61. The fourth-order valence-corrected chi connectivity index (χ4v) is 5.21. The van der Waals surface area contributed by atoms with Crippen molar-refractivity contribution in [3.8, 4) is 0 Å². The summed E-state index contributed by atoms with van der Waals surface area (Å²) < 4.78 is 19.0. The number of aliphatic hydroxyl groups excluding tert-OH is 1. The zero-order valence-corrected chi connectivity index (χ0v) is 18.5. The zero-order chi connectivity index (χ0) is 19.7. The summed E-state index contributed by atoms with van der Waals surface area (Å²) in [6.45, 7) is 13.3. The Hall–Kier alpha value is -0.723. The first-order valence-corrected chi connectivity index (χ1v) is 13.1. The van der Waals surface area contributed by atoms with Crippen LogP contribution in [-0.4, -0.2) is 44.9 Å². The fraction of sp³-hybridized carbons (Fsp3) is 0.727. The van der Waals surface area contributed by atoms with Crippen molar-refractivity contribution in [3.63, 3.8) is 0 Å². The molecule has 3 rings (SSSR count). The lowest BCUT2D eigenvalue weighted by molar-refractivity contribution is -0.0550. The van der Waals surface area contributed by atoms with E-state index >= 15 is 0 Å². The van der Waals surface area contributed by atoms with E-state index in [9.17, 15) is 5.11 Å². The average Bonchev–Trinajstić information content (AvgIpc) is 3.17. The molecule has 2 fully saturated rings. The van der Waals surface area contributed by atoms with E-state index in [1.54, 1.807) is 0 Å². The molecule has 0 saturated carbocycles. The van der Waals surface area contributed by atoms with Crippen LogP contribution in [-0.2, 0) is 20.5 Å². The van der Waals surface area contributed by atoms with Crippen LogP contribution in [0.4, 0.5) is 0 Å². The van der Waals surface area contributed by atoms with E-state index in [0.29, 0.717) is 19.8 Å². The normalized spacial score (nSPS) is 30.8. The number of fused-ring (bicyclic) bond motifs is 2. The minimum Gasteiger partial charge on any atom is -0.414 e. The molecular weight excluding hydrogens is 356 g/mol. The molecule has 0 spiro atoms. The van der Waals surface area contributed by atoms with Gasteiger partial charge in [0.05, 0.1) is 31.5 Å². The molecule has 0 unspecified atom stereocenters. The fourth-order valence-electron chi connectivity index (χ4n) is 4.17. The van der Waals surface area contributed by atoms with Crippen molar-refractivity contribution in [2.24, 2.45) is 11.8 Å². The Morgan fingerprint density at radius 1 is 1.22 bits per heavy atom. The Bertz CT molecular complexity index is 612.